The Hall–Kier alpha value is -3.19. The number of hydrogen-bond donors (Lipinski definition) is 2. The zero-order chi connectivity index (χ0) is 18.4. The summed E-state index contributed by atoms with van der Waals surface area (Å²) in [6.07, 6.45) is 0. The van der Waals surface area contributed by atoms with E-state index in [1.54, 1.807) is 42.5 Å². The summed E-state index contributed by atoms with van der Waals surface area (Å²) in [5.74, 6) is -1.17. The van der Waals surface area contributed by atoms with Gasteiger partial charge in [-0.25, -0.2) is 4.39 Å². The molecule has 0 fully saturated rings. The summed E-state index contributed by atoms with van der Waals surface area (Å²) in [7, 11) is 0. The van der Waals surface area contributed by atoms with Crippen molar-refractivity contribution in [3.63, 3.8) is 0 Å². The largest absolute Gasteiger partial charge is 0.481 e. The maximum atomic E-state index is 13.5. The highest BCUT2D eigenvalue weighted by Crippen LogP contribution is 2.18. The predicted molar refractivity (Wildman–Crippen MR) is 99.2 cm³/mol. The molecule has 3 rings (SSSR count). The van der Waals surface area contributed by atoms with E-state index in [2.05, 4.69) is 10.6 Å². The van der Waals surface area contributed by atoms with Crippen LogP contribution in [0.1, 0.15) is 9.67 Å². The van der Waals surface area contributed by atoms with E-state index < -0.39 is 11.7 Å². The van der Waals surface area contributed by atoms with Crippen molar-refractivity contribution < 1.29 is 18.7 Å². The highest BCUT2D eigenvalue weighted by atomic mass is 32.1. The third-order valence-electron chi connectivity index (χ3n) is 3.34. The van der Waals surface area contributed by atoms with Crippen molar-refractivity contribution in [2.24, 2.45) is 0 Å². The Labute approximate surface area is 153 Å². The minimum absolute atomic E-state index is 0.0135. The number of thiophene rings is 1. The number of hydrogen-bond acceptors (Lipinski definition) is 4. The van der Waals surface area contributed by atoms with E-state index in [1.165, 1.54) is 29.5 Å². The first-order chi connectivity index (χ1) is 12.6. The van der Waals surface area contributed by atoms with Crippen molar-refractivity contribution in [3.05, 3.63) is 76.7 Å². The standard InChI is InChI=1S/C19H15FN2O3S/c20-15-7-1-2-8-16(15)25-12-18(23)21-13-5-3-6-14(11-13)22-19(24)17-9-4-10-26-17/h1-11H,12H2,(H,21,23)(H,22,24). The van der Waals surface area contributed by atoms with Gasteiger partial charge in [-0.3, -0.25) is 9.59 Å². The number of amides is 2. The fraction of sp³-hybridized carbons (Fsp3) is 0.0526. The Kier molecular flexibility index (Phi) is 5.60. The summed E-state index contributed by atoms with van der Waals surface area (Å²) in [5, 5.41) is 7.23. The van der Waals surface area contributed by atoms with Crippen LogP contribution in [0.3, 0.4) is 0 Å². The molecule has 0 aliphatic carbocycles. The molecular formula is C19H15FN2O3S. The number of nitrogens with one attached hydrogen (secondary N) is 2. The summed E-state index contributed by atoms with van der Waals surface area (Å²) in [6, 6.07) is 16.1. The molecule has 2 aromatic carbocycles. The molecule has 2 amide bonds. The number of para-hydroxylation sites is 1. The Morgan fingerprint density at radius 3 is 2.46 bits per heavy atom. The van der Waals surface area contributed by atoms with E-state index in [1.807, 2.05) is 5.38 Å². The molecule has 26 heavy (non-hydrogen) atoms. The fourth-order valence-electron chi connectivity index (χ4n) is 2.18. The molecule has 0 spiro atoms. The minimum Gasteiger partial charge on any atom is -0.481 e. The van der Waals surface area contributed by atoms with E-state index in [-0.39, 0.29) is 18.3 Å². The Morgan fingerprint density at radius 1 is 0.962 bits per heavy atom. The maximum absolute atomic E-state index is 13.5. The number of carbonyl (C=O) groups is 2. The van der Waals surface area contributed by atoms with E-state index in [0.717, 1.165) is 0 Å². The van der Waals surface area contributed by atoms with Gasteiger partial charge >= 0.3 is 0 Å². The van der Waals surface area contributed by atoms with Gasteiger partial charge in [0.15, 0.2) is 18.2 Å². The molecule has 0 saturated heterocycles. The molecule has 1 heterocycles. The van der Waals surface area contributed by atoms with Crippen LogP contribution in [0.5, 0.6) is 5.75 Å². The quantitative estimate of drug-likeness (QED) is 0.685. The maximum Gasteiger partial charge on any atom is 0.265 e. The van der Waals surface area contributed by atoms with Crippen molar-refractivity contribution in [1.82, 2.24) is 0 Å². The molecule has 3 aromatic rings. The number of rotatable bonds is 6. The van der Waals surface area contributed by atoms with Gasteiger partial charge in [0, 0.05) is 11.4 Å². The summed E-state index contributed by atoms with van der Waals surface area (Å²) >= 11 is 1.34. The number of anilines is 2. The molecule has 0 aliphatic heterocycles. The number of benzene rings is 2. The summed E-state index contributed by atoms with van der Waals surface area (Å²) < 4.78 is 18.6. The van der Waals surface area contributed by atoms with E-state index in [4.69, 9.17) is 4.74 Å². The van der Waals surface area contributed by atoms with Gasteiger partial charge in [0.1, 0.15) is 0 Å². The molecule has 0 aliphatic rings. The van der Waals surface area contributed by atoms with Crippen LogP contribution < -0.4 is 15.4 Å². The van der Waals surface area contributed by atoms with Gasteiger partial charge in [-0.1, -0.05) is 24.3 Å². The molecule has 1 aromatic heterocycles. The molecule has 7 heteroatoms. The van der Waals surface area contributed by atoms with Crippen LogP contribution in [-0.4, -0.2) is 18.4 Å². The lowest BCUT2D eigenvalue weighted by Gasteiger charge is -2.10. The molecule has 0 unspecified atom stereocenters. The predicted octanol–water partition coefficient (Wildman–Crippen LogP) is 4.16. The minimum atomic E-state index is -0.529. The normalized spacial score (nSPS) is 10.2. The monoisotopic (exact) mass is 370 g/mol. The van der Waals surface area contributed by atoms with Gasteiger partial charge < -0.3 is 15.4 Å². The second kappa shape index (κ2) is 8.26. The Balaban J connectivity index is 1.57. The van der Waals surface area contributed by atoms with Crippen molar-refractivity contribution in [2.75, 3.05) is 17.2 Å². The third-order valence-corrected chi connectivity index (χ3v) is 4.21. The lowest BCUT2D eigenvalue weighted by Crippen LogP contribution is -2.20. The van der Waals surface area contributed by atoms with Crippen molar-refractivity contribution >= 4 is 34.5 Å². The fourth-order valence-corrected chi connectivity index (χ4v) is 2.80. The third kappa shape index (κ3) is 4.67. The van der Waals surface area contributed by atoms with Crippen LogP contribution in [-0.2, 0) is 4.79 Å². The van der Waals surface area contributed by atoms with Crippen molar-refractivity contribution in [1.29, 1.82) is 0 Å². The summed E-state index contributed by atoms with van der Waals surface area (Å²) in [4.78, 5) is 24.6. The average molecular weight is 370 g/mol. The van der Waals surface area contributed by atoms with Crippen LogP contribution >= 0.6 is 11.3 Å². The summed E-state index contributed by atoms with van der Waals surface area (Å²) in [5.41, 5.74) is 1.05. The zero-order valence-electron chi connectivity index (χ0n) is 13.6. The Morgan fingerprint density at radius 2 is 1.73 bits per heavy atom. The van der Waals surface area contributed by atoms with Crippen LogP contribution in [0, 0.1) is 5.82 Å². The van der Waals surface area contributed by atoms with Crippen LogP contribution in [0.15, 0.2) is 66.0 Å². The second-order valence-corrected chi connectivity index (χ2v) is 6.23. The van der Waals surface area contributed by atoms with E-state index >= 15 is 0 Å². The molecule has 2 N–H and O–H groups in total. The SMILES string of the molecule is O=C(COc1ccccc1F)Nc1cccc(NC(=O)c2cccs2)c1. The lowest BCUT2D eigenvalue weighted by atomic mass is 10.2. The lowest BCUT2D eigenvalue weighted by molar-refractivity contribution is -0.118. The molecule has 132 valence electrons. The molecule has 5 nitrogen and oxygen atoms in total. The van der Waals surface area contributed by atoms with E-state index in [0.29, 0.717) is 16.3 Å². The number of halogens is 1. The van der Waals surface area contributed by atoms with Crippen LogP contribution in [0.25, 0.3) is 0 Å². The first kappa shape index (κ1) is 17.6. The van der Waals surface area contributed by atoms with Gasteiger partial charge in [-0.05, 0) is 41.8 Å². The van der Waals surface area contributed by atoms with Crippen LogP contribution in [0.2, 0.25) is 0 Å². The van der Waals surface area contributed by atoms with Gasteiger partial charge in [-0.2, -0.15) is 0 Å². The first-order valence-electron chi connectivity index (χ1n) is 7.74. The number of ether oxygens (including phenoxy) is 1. The average Bonchev–Trinajstić information content (AvgIpc) is 3.16. The van der Waals surface area contributed by atoms with Crippen molar-refractivity contribution in [3.8, 4) is 5.75 Å². The highest BCUT2D eigenvalue weighted by molar-refractivity contribution is 7.12. The molecule has 0 radical (unpaired) electrons. The first-order valence-corrected chi connectivity index (χ1v) is 8.62. The Bertz CT molecular complexity index is 913. The molecule has 0 bridgehead atoms. The van der Waals surface area contributed by atoms with Crippen LogP contribution in [0.4, 0.5) is 15.8 Å². The smallest absolute Gasteiger partial charge is 0.265 e. The molecule has 0 saturated carbocycles. The van der Waals surface area contributed by atoms with Gasteiger partial charge in [-0.15, -0.1) is 11.3 Å². The summed E-state index contributed by atoms with van der Waals surface area (Å²) in [6.45, 7) is -0.327. The molecule has 0 atom stereocenters. The van der Waals surface area contributed by atoms with Gasteiger partial charge in [0.2, 0.25) is 0 Å². The topological polar surface area (TPSA) is 67.4 Å². The zero-order valence-corrected chi connectivity index (χ0v) is 14.4. The second-order valence-electron chi connectivity index (χ2n) is 5.28. The van der Waals surface area contributed by atoms with Gasteiger partial charge in [0.05, 0.1) is 4.88 Å². The number of carbonyl (C=O) groups excluding carboxylic acids is 2. The van der Waals surface area contributed by atoms with Crippen molar-refractivity contribution in [2.45, 2.75) is 0 Å². The van der Waals surface area contributed by atoms with E-state index in [9.17, 15) is 14.0 Å². The van der Waals surface area contributed by atoms with Gasteiger partial charge in [0.25, 0.3) is 11.8 Å². The molecular weight excluding hydrogens is 355 g/mol. The highest BCUT2D eigenvalue weighted by Gasteiger charge is 2.09.